The first-order valence-electron chi connectivity index (χ1n) is 14.9. The first-order valence-corrected chi connectivity index (χ1v) is 14.9. The fraction of sp³-hybridized carbons (Fsp3) is 0.500. The fourth-order valence-corrected chi connectivity index (χ4v) is 5.35. The first kappa shape index (κ1) is 32.2. The van der Waals surface area contributed by atoms with Crippen molar-refractivity contribution >= 4 is 17.5 Å². The lowest BCUT2D eigenvalue weighted by Gasteiger charge is -2.41. The van der Waals surface area contributed by atoms with Gasteiger partial charge in [0.05, 0.1) is 17.8 Å². The van der Waals surface area contributed by atoms with Crippen molar-refractivity contribution in [3.05, 3.63) is 65.4 Å². The Balaban J connectivity index is 1.64. The fourth-order valence-electron chi connectivity index (χ4n) is 5.35. The van der Waals surface area contributed by atoms with Crippen LogP contribution in [0.2, 0.25) is 0 Å². The molecule has 1 fully saturated rings. The van der Waals surface area contributed by atoms with Crippen LogP contribution in [-0.2, 0) is 9.53 Å². The average Bonchev–Trinajstić information content (AvgIpc) is 2.92. The van der Waals surface area contributed by atoms with Crippen LogP contribution in [0.3, 0.4) is 0 Å². The quantitative estimate of drug-likeness (QED) is 0.270. The number of ether oxygens (including phenoxy) is 2. The highest BCUT2D eigenvalue weighted by molar-refractivity contribution is 5.86. The number of aliphatic carboxylic acids is 1. The van der Waals surface area contributed by atoms with Gasteiger partial charge in [0.1, 0.15) is 24.0 Å². The van der Waals surface area contributed by atoms with Crippen LogP contribution < -0.4 is 14.5 Å². The van der Waals surface area contributed by atoms with E-state index in [1.54, 1.807) is 6.07 Å². The van der Waals surface area contributed by atoms with Gasteiger partial charge in [-0.15, -0.1) is 0 Å². The maximum absolute atomic E-state index is 13.4. The molecule has 4 rings (SSSR count). The van der Waals surface area contributed by atoms with Gasteiger partial charge in [-0.3, -0.25) is 4.98 Å². The summed E-state index contributed by atoms with van der Waals surface area (Å²) in [6.45, 7) is 16.4. The molecule has 232 valence electrons. The second-order valence-electron chi connectivity index (χ2n) is 13.2. The number of aromatic nitrogens is 2. The molecule has 0 saturated carbocycles. The lowest BCUT2D eigenvalue weighted by molar-refractivity contribution is -0.160. The van der Waals surface area contributed by atoms with E-state index in [0.29, 0.717) is 30.2 Å². The van der Waals surface area contributed by atoms with E-state index in [1.165, 1.54) is 12.1 Å². The molecular weight excluding hydrogens is 547 g/mol. The number of carboxylic acid groups (broad SMARTS) is 1. The molecule has 0 aliphatic carbocycles. The summed E-state index contributed by atoms with van der Waals surface area (Å²) in [5.41, 5.74) is 4.08. The van der Waals surface area contributed by atoms with Crippen LogP contribution in [0, 0.1) is 25.1 Å². The van der Waals surface area contributed by atoms with Crippen LogP contribution in [0.25, 0.3) is 11.1 Å². The second-order valence-corrected chi connectivity index (χ2v) is 13.2. The Morgan fingerprint density at radius 2 is 1.81 bits per heavy atom. The van der Waals surface area contributed by atoms with Gasteiger partial charge in [0.15, 0.2) is 6.10 Å². The Morgan fingerprint density at radius 1 is 1.12 bits per heavy atom. The zero-order valence-corrected chi connectivity index (χ0v) is 26.7. The molecule has 3 heterocycles. The molecule has 1 aliphatic heterocycles. The summed E-state index contributed by atoms with van der Waals surface area (Å²) in [5, 5.41) is 10.3. The number of anilines is 2. The smallest absolute Gasteiger partial charge is 0.337 e. The van der Waals surface area contributed by atoms with E-state index in [2.05, 4.69) is 23.7 Å². The molecule has 43 heavy (non-hydrogen) atoms. The van der Waals surface area contributed by atoms with Crippen LogP contribution >= 0.6 is 0 Å². The van der Waals surface area contributed by atoms with Gasteiger partial charge in [0.25, 0.3) is 0 Å². The molecule has 1 aliphatic rings. The third-order valence-corrected chi connectivity index (χ3v) is 7.95. The largest absolute Gasteiger partial charge is 0.491 e. The molecule has 0 radical (unpaired) electrons. The third kappa shape index (κ3) is 8.02. The van der Waals surface area contributed by atoms with E-state index >= 15 is 0 Å². The molecule has 1 aromatic carbocycles. The van der Waals surface area contributed by atoms with Crippen LogP contribution in [0.5, 0.6) is 5.75 Å². The summed E-state index contributed by atoms with van der Waals surface area (Å²) in [6.07, 6.45) is 4.45. The SMILES string of the molecule is Cc1cc(F)ccc1OCCN(C)c1ccc(-c2cnc(C)c([C@H](OC(C)(C)C)C(=O)O)c2N2CCC(C)(C)CC2)cn1. The van der Waals surface area contributed by atoms with Crippen molar-refractivity contribution < 1.29 is 23.8 Å². The normalized spacial score (nSPS) is 15.7. The van der Waals surface area contributed by atoms with Crippen molar-refractivity contribution in [1.82, 2.24) is 9.97 Å². The van der Waals surface area contributed by atoms with Crippen molar-refractivity contribution in [2.24, 2.45) is 5.41 Å². The average molecular weight is 593 g/mol. The minimum atomic E-state index is -1.17. The predicted octanol–water partition coefficient (Wildman–Crippen LogP) is 6.98. The number of carbonyl (C=O) groups is 1. The minimum absolute atomic E-state index is 0.222. The van der Waals surface area contributed by atoms with E-state index in [9.17, 15) is 14.3 Å². The number of piperidine rings is 1. The maximum atomic E-state index is 13.4. The van der Waals surface area contributed by atoms with Gasteiger partial charge in [0.2, 0.25) is 0 Å². The Morgan fingerprint density at radius 3 is 2.40 bits per heavy atom. The topological polar surface area (TPSA) is 88.0 Å². The van der Waals surface area contributed by atoms with Crippen molar-refractivity contribution in [3.63, 3.8) is 0 Å². The molecule has 1 atom stereocenters. The number of pyridine rings is 2. The monoisotopic (exact) mass is 592 g/mol. The van der Waals surface area contributed by atoms with E-state index < -0.39 is 17.7 Å². The molecule has 3 aromatic rings. The van der Waals surface area contributed by atoms with Gasteiger partial charge >= 0.3 is 5.97 Å². The number of benzene rings is 1. The maximum Gasteiger partial charge on any atom is 0.337 e. The lowest BCUT2D eigenvalue weighted by Crippen LogP contribution is -2.39. The van der Waals surface area contributed by atoms with Crippen molar-refractivity contribution in [2.45, 2.75) is 73.0 Å². The number of nitrogens with zero attached hydrogens (tertiary/aromatic N) is 4. The Kier molecular flexibility index (Phi) is 9.64. The standard InChI is InChI=1S/C34H45FN4O4/c1-22-19-25(35)10-11-27(22)42-18-17-38(8)28-12-9-24(20-37-28)26-21-36-23(2)29(31(32(40)41)43-33(3,4)5)30(26)39-15-13-34(6,7)14-16-39/h9-12,19-21,31H,13-18H2,1-8H3,(H,40,41)/t31-/m0/s1. The molecule has 0 bridgehead atoms. The van der Waals surface area contributed by atoms with Gasteiger partial charge in [-0.05, 0) is 88.8 Å². The van der Waals surface area contributed by atoms with E-state index in [4.69, 9.17) is 14.5 Å². The zero-order chi connectivity index (χ0) is 31.5. The minimum Gasteiger partial charge on any atom is -0.491 e. The summed E-state index contributed by atoms with van der Waals surface area (Å²) in [7, 11) is 1.94. The molecule has 0 spiro atoms. The van der Waals surface area contributed by atoms with Gasteiger partial charge < -0.3 is 24.4 Å². The Bertz CT molecular complexity index is 1430. The number of rotatable bonds is 10. The van der Waals surface area contributed by atoms with Crippen molar-refractivity contribution in [1.29, 1.82) is 0 Å². The molecular formula is C34H45FN4O4. The second kappa shape index (κ2) is 12.9. The third-order valence-electron chi connectivity index (χ3n) is 7.95. The Hall–Kier alpha value is -3.72. The molecule has 1 N–H and O–H groups in total. The lowest BCUT2D eigenvalue weighted by atomic mass is 9.82. The number of halogens is 1. The van der Waals surface area contributed by atoms with Crippen LogP contribution in [0.1, 0.15) is 70.4 Å². The summed E-state index contributed by atoms with van der Waals surface area (Å²) >= 11 is 0. The van der Waals surface area contributed by atoms with Crippen molar-refractivity contribution in [3.8, 4) is 16.9 Å². The zero-order valence-electron chi connectivity index (χ0n) is 26.7. The van der Waals surface area contributed by atoms with Gasteiger partial charge in [-0.2, -0.15) is 0 Å². The molecule has 1 saturated heterocycles. The first-order chi connectivity index (χ1) is 20.1. The summed E-state index contributed by atoms with van der Waals surface area (Å²) in [4.78, 5) is 26.3. The number of likely N-dealkylation sites (N-methyl/N-ethyl adjacent to an activating group) is 1. The van der Waals surface area contributed by atoms with Gasteiger partial charge in [0, 0.05) is 54.9 Å². The number of hydrogen-bond acceptors (Lipinski definition) is 7. The molecule has 0 unspecified atom stereocenters. The van der Waals surface area contributed by atoms with Gasteiger partial charge in [-0.25, -0.2) is 14.2 Å². The number of carboxylic acids is 1. The van der Waals surface area contributed by atoms with Gasteiger partial charge in [-0.1, -0.05) is 13.8 Å². The molecule has 8 nitrogen and oxygen atoms in total. The summed E-state index contributed by atoms with van der Waals surface area (Å²) in [5.74, 6) is 0.104. The van der Waals surface area contributed by atoms with Crippen LogP contribution in [0.15, 0.2) is 42.7 Å². The number of hydrogen-bond donors (Lipinski definition) is 1. The molecule has 0 amide bonds. The van der Waals surface area contributed by atoms with Crippen LogP contribution in [-0.4, -0.2) is 59.9 Å². The Labute approximate surface area is 254 Å². The highest BCUT2D eigenvalue weighted by atomic mass is 19.1. The predicted molar refractivity (Wildman–Crippen MR) is 169 cm³/mol. The van der Waals surface area contributed by atoms with Crippen molar-refractivity contribution in [2.75, 3.05) is 43.1 Å². The molecule has 9 heteroatoms. The highest BCUT2D eigenvalue weighted by Crippen LogP contribution is 2.43. The summed E-state index contributed by atoms with van der Waals surface area (Å²) in [6, 6.07) is 8.44. The van der Waals surface area contributed by atoms with E-state index in [-0.39, 0.29) is 11.2 Å². The van der Waals surface area contributed by atoms with E-state index in [1.807, 2.05) is 71.1 Å². The summed E-state index contributed by atoms with van der Waals surface area (Å²) < 4.78 is 25.4. The molecule has 2 aromatic heterocycles. The number of aryl methyl sites for hydroxylation is 2. The highest BCUT2D eigenvalue weighted by Gasteiger charge is 2.35. The van der Waals surface area contributed by atoms with Crippen LogP contribution in [0.4, 0.5) is 15.9 Å². The van der Waals surface area contributed by atoms with E-state index in [0.717, 1.165) is 54.1 Å².